The average Bonchev–Trinajstić information content (AvgIpc) is 2.70. The molecule has 0 amide bonds. The molecule has 0 saturated carbocycles. The van der Waals surface area contributed by atoms with Crippen LogP contribution in [0.5, 0.6) is 0 Å². The average molecular weight is 283 g/mol. The molecule has 2 rings (SSSR count). The number of aromatic amines is 1. The molecule has 0 saturated heterocycles. The molecule has 2 heterocycles. The maximum Gasteiger partial charge on any atom is 0.268 e. The molecule has 0 aliphatic heterocycles. The minimum atomic E-state index is -3.59. The summed E-state index contributed by atoms with van der Waals surface area (Å²) in [5.41, 5.74) is -0.0497. The highest BCUT2D eigenvalue weighted by Crippen LogP contribution is 2.18. The van der Waals surface area contributed by atoms with E-state index in [2.05, 4.69) is 10.1 Å². The fraction of sp³-hybridized carbons (Fsp3) is 0.500. The number of H-pyrrole nitrogens is 1. The summed E-state index contributed by atoms with van der Waals surface area (Å²) in [5, 5.41) is 4.14. The van der Waals surface area contributed by atoms with E-state index in [4.69, 9.17) is 0 Å². The Morgan fingerprint density at radius 1 is 1.26 bits per heavy atom. The van der Waals surface area contributed by atoms with Gasteiger partial charge >= 0.3 is 0 Å². The van der Waals surface area contributed by atoms with E-state index in [0.717, 1.165) is 0 Å². The van der Waals surface area contributed by atoms with Gasteiger partial charge in [-0.1, -0.05) is 0 Å². The topological polar surface area (TPSA) is 84.8 Å². The first-order valence-corrected chi connectivity index (χ1v) is 7.64. The molecule has 1 N–H and O–H groups in total. The van der Waals surface area contributed by atoms with Crippen LogP contribution in [0, 0.1) is 0 Å². The minimum absolute atomic E-state index is 0.0840. The van der Waals surface area contributed by atoms with Gasteiger partial charge in [0, 0.05) is 11.4 Å². The van der Waals surface area contributed by atoms with Crippen LogP contribution in [0.1, 0.15) is 33.7 Å². The number of aromatic nitrogens is 3. The molecule has 2 aromatic rings. The standard InChI is InChI=1S/C12H17N3O3S/c1-7(2)15-11-9(6-13-15)5-10(12(16)14-11)19(17,18)8(3)4/h5-8H,1-4H3,(H,14,16). The SMILES string of the molecule is CC(C)n1ncc2cc(S(=O)(=O)C(C)C)c(=O)[nH]c21. The highest BCUT2D eigenvalue weighted by atomic mass is 32.2. The Bertz CT molecular complexity index is 769. The molecular formula is C12H17N3O3S. The summed E-state index contributed by atoms with van der Waals surface area (Å²) in [5.74, 6) is 0. The molecule has 6 nitrogen and oxygen atoms in total. The van der Waals surface area contributed by atoms with Crippen LogP contribution in [0.25, 0.3) is 11.0 Å². The summed E-state index contributed by atoms with van der Waals surface area (Å²) in [6.07, 6.45) is 1.56. The number of hydrogen-bond donors (Lipinski definition) is 1. The van der Waals surface area contributed by atoms with Crippen LogP contribution in [0.2, 0.25) is 0 Å². The zero-order valence-corrected chi connectivity index (χ0v) is 12.2. The molecule has 0 aliphatic rings. The predicted molar refractivity (Wildman–Crippen MR) is 73.1 cm³/mol. The number of nitrogens with zero attached hydrogens (tertiary/aromatic N) is 2. The minimum Gasteiger partial charge on any atom is -0.306 e. The third-order valence-corrected chi connectivity index (χ3v) is 5.14. The van der Waals surface area contributed by atoms with Crippen molar-refractivity contribution in [3.8, 4) is 0 Å². The third kappa shape index (κ3) is 2.18. The third-order valence-electron chi connectivity index (χ3n) is 2.98. The number of hydrogen-bond acceptors (Lipinski definition) is 4. The lowest BCUT2D eigenvalue weighted by atomic mass is 10.3. The molecule has 0 aromatic carbocycles. The van der Waals surface area contributed by atoms with Gasteiger partial charge in [0.25, 0.3) is 5.56 Å². The van der Waals surface area contributed by atoms with Gasteiger partial charge in [-0.3, -0.25) is 4.79 Å². The molecule has 0 bridgehead atoms. The van der Waals surface area contributed by atoms with Crippen LogP contribution in [0.15, 0.2) is 22.0 Å². The largest absolute Gasteiger partial charge is 0.306 e. The quantitative estimate of drug-likeness (QED) is 0.924. The van der Waals surface area contributed by atoms with Crippen LogP contribution in [0.4, 0.5) is 0 Å². The van der Waals surface area contributed by atoms with E-state index in [1.54, 1.807) is 24.7 Å². The molecule has 0 radical (unpaired) electrons. The zero-order chi connectivity index (χ0) is 14.4. The van der Waals surface area contributed by atoms with Crippen LogP contribution >= 0.6 is 0 Å². The van der Waals surface area contributed by atoms with Crippen molar-refractivity contribution in [2.75, 3.05) is 0 Å². The zero-order valence-electron chi connectivity index (χ0n) is 11.3. The van der Waals surface area contributed by atoms with Gasteiger partial charge in [0.1, 0.15) is 10.5 Å². The lowest BCUT2D eigenvalue weighted by Gasteiger charge is -2.09. The normalized spacial score (nSPS) is 12.7. The van der Waals surface area contributed by atoms with E-state index in [1.807, 2.05) is 13.8 Å². The summed E-state index contributed by atoms with van der Waals surface area (Å²) in [7, 11) is -3.59. The smallest absolute Gasteiger partial charge is 0.268 e. The summed E-state index contributed by atoms with van der Waals surface area (Å²) in [4.78, 5) is 14.4. The number of rotatable bonds is 3. The molecular weight excluding hydrogens is 266 g/mol. The maximum atomic E-state index is 12.1. The Morgan fingerprint density at radius 2 is 1.89 bits per heavy atom. The molecule has 0 aliphatic carbocycles. The van der Waals surface area contributed by atoms with Gasteiger partial charge in [-0.2, -0.15) is 5.10 Å². The van der Waals surface area contributed by atoms with Crippen LogP contribution in [-0.4, -0.2) is 28.4 Å². The Kier molecular flexibility index (Phi) is 3.25. The van der Waals surface area contributed by atoms with Gasteiger partial charge in [-0.25, -0.2) is 13.1 Å². The lowest BCUT2D eigenvalue weighted by Crippen LogP contribution is -2.24. The van der Waals surface area contributed by atoms with Gasteiger partial charge in [-0.05, 0) is 33.8 Å². The molecule has 0 atom stereocenters. The van der Waals surface area contributed by atoms with Crippen LogP contribution in [0.3, 0.4) is 0 Å². The van der Waals surface area contributed by atoms with Gasteiger partial charge in [0.05, 0.1) is 11.4 Å². The second kappa shape index (κ2) is 4.48. The summed E-state index contributed by atoms with van der Waals surface area (Å²) in [6, 6.07) is 1.48. The summed E-state index contributed by atoms with van der Waals surface area (Å²) in [6.45, 7) is 6.97. The van der Waals surface area contributed by atoms with Crippen molar-refractivity contribution in [1.29, 1.82) is 0 Å². The van der Waals surface area contributed by atoms with E-state index in [0.29, 0.717) is 11.0 Å². The fourth-order valence-corrected chi connectivity index (χ4v) is 2.95. The number of fused-ring (bicyclic) bond motifs is 1. The molecule has 0 fully saturated rings. The van der Waals surface area contributed by atoms with Crippen molar-refractivity contribution in [3.05, 3.63) is 22.6 Å². The number of nitrogens with one attached hydrogen (secondary N) is 1. The van der Waals surface area contributed by atoms with E-state index < -0.39 is 20.6 Å². The molecule has 2 aromatic heterocycles. The van der Waals surface area contributed by atoms with Gasteiger partial charge < -0.3 is 4.98 Å². The monoisotopic (exact) mass is 283 g/mol. The summed E-state index contributed by atoms with van der Waals surface area (Å²) < 4.78 is 25.8. The molecule has 0 unspecified atom stereocenters. The van der Waals surface area contributed by atoms with E-state index in [-0.39, 0.29) is 10.9 Å². The lowest BCUT2D eigenvalue weighted by molar-refractivity contribution is 0.545. The Balaban J connectivity index is 2.76. The van der Waals surface area contributed by atoms with Crippen LogP contribution < -0.4 is 5.56 Å². The van der Waals surface area contributed by atoms with Crippen molar-refractivity contribution < 1.29 is 8.42 Å². The first kappa shape index (κ1) is 13.8. The van der Waals surface area contributed by atoms with Gasteiger partial charge in [0.15, 0.2) is 9.84 Å². The molecule has 7 heteroatoms. The van der Waals surface area contributed by atoms with Gasteiger partial charge in [-0.15, -0.1) is 0 Å². The Morgan fingerprint density at radius 3 is 2.42 bits per heavy atom. The van der Waals surface area contributed by atoms with Crippen molar-refractivity contribution in [1.82, 2.24) is 14.8 Å². The Labute approximate surface area is 111 Å². The number of sulfone groups is 1. The highest BCUT2D eigenvalue weighted by Gasteiger charge is 2.24. The van der Waals surface area contributed by atoms with Crippen molar-refractivity contribution in [3.63, 3.8) is 0 Å². The second-order valence-electron chi connectivity index (χ2n) is 5.04. The maximum absolute atomic E-state index is 12.1. The van der Waals surface area contributed by atoms with Gasteiger partial charge in [0.2, 0.25) is 0 Å². The van der Waals surface area contributed by atoms with E-state index in [1.165, 1.54) is 6.07 Å². The first-order chi connectivity index (χ1) is 8.75. The Hall–Kier alpha value is -1.63. The first-order valence-electron chi connectivity index (χ1n) is 6.09. The van der Waals surface area contributed by atoms with Crippen molar-refractivity contribution >= 4 is 20.9 Å². The van der Waals surface area contributed by atoms with E-state index >= 15 is 0 Å². The van der Waals surface area contributed by atoms with Crippen molar-refractivity contribution in [2.45, 2.75) is 43.9 Å². The van der Waals surface area contributed by atoms with Crippen LogP contribution in [-0.2, 0) is 9.84 Å². The fourth-order valence-electron chi connectivity index (χ4n) is 1.84. The molecule has 0 spiro atoms. The molecule has 104 valence electrons. The second-order valence-corrected chi connectivity index (χ2v) is 7.52. The molecule has 19 heavy (non-hydrogen) atoms. The number of pyridine rings is 1. The summed E-state index contributed by atoms with van der Waals surface area (Å²) >= 11 is 0. The van der Waals surface area contributed by atoms with Crippen molar-refractivity contribution in [2.24, 2.45) is 0 Å². The predicted octanol–water partition coefficient (Wildman–Crippen LogP) is 1.49. The highest BCUT2D eigenvalue weighted by molar-refractivity contribution is 7.92. The van der Waals surface area contributed by atoms with E-state index in [9.17, 15) is 13.2 Å².